The van der Waals surface area contributed by atoms with Crippen LogP contribution in [0.4, 0.5) is 0 Å². The summed E-state index contributed by atoms with van der Waals surface area (Å²) in [6.07, 6.45) is 1.45. The van der Waals surface area contributed by atoms with Crippen molar-refractivity contribution in [1.29, 1.82) is 0 Å². The Morgan fingerprint density at radius 3 is 2.55 bits per heavy atom. The fourth-order valence-corrected chi connectivity index (χ4v) is 3.08. The molecule has 2 aromatic rings. The highest BCUT2D eigenvalue weighted by atomic mass is 32.2. The second-order valence-corrected chi connectivity index (χ2v) is 6.32. The highest BCUT2D eigenvalue weighted by Crippen LogP contribution is 2.21. The molecule has 5 heteroatoms. The summed E-state index contributed by atoms with van der Waals surface area (Å²) < 4.78 is 0.794. The van der Waals surface area contributed by atoms with Crippen LogP contribution in [0.25, 0.3) is 0 Å². The fraction of sp³-hybridized carbons (Fsp3) is 0.294. The number of carbonyl (C=O) groups excluding carboxylic acids is 1. The van der Waals surface area contributed by atoms with Gasteiger partial charge in [-0.05, 0) is 37.2 Å². The van der Waals surface area contributed by atoms with Crippen LogP contribution in [0.2, 0.25) is 0 Å². The quantitative estimate of drug-likeness (QED) is 0.468. The fourth-order valence-electron chi connectivity index (χ4n) is 2.14. The predicted octanol–water partition coefficient (Wildman–Crippen LogP) is 2.85. The molecule has 4 nitrogen and oxygen atoms in total. The van der Waals surface area contributed by atoms with Gasteiger partial charge in [0.1, 0.15) is 0 Å². The van der Waals surface area contributed by atoms with Gasteiger partial charge in [-0.3, -0.25) is 4.79 Å². The van der Waals surface area contributed by atoms with Crippen LogP contribution in [0.15, 0.2) is 59.8 Å². The van der Waals surface area contributed by atoms with Gasteiger partial charge >= 0.3 is 0 Å². The monoisotopic (exact) mass is 316 g/mol. The predicted molar refractivity (Wildman–Crippen MR) is 88.3 cm³/mol. The van der Waals surface area contributed by atoms with E-state index in [4.69, 9.17) is 0 Å². The average Bonchev–Trinajstić information content (AvgIpc) is 2.55. The molecular formula is C17H20N2O2S. The van der Waals surface area contributed by atoms with E-state index in [1.165, 1.54) is 18.0 Å². The van der Waals surface area contributed by atoms with Gasteiger partial charge in [0.2, 0.25) is 5.91 Å². The van der Waals surface area contributed by atoms with Crippen LogP contribution in [0.1, 0.15) is 19.4 Å². The van der Waals surface area contributed by atoms with E-state index >= 15 is 0 Å². The first kappa shape index (κ1) is 16.4. The molecule has 0 N–H and O–H groups in total. The smallest absolute Gasteiger partial charge is 0.252 e. The Balaban J connectivity index is 2.03. The van der Waals surface area contributed by atoms with Gasteiger partial charge in [0.15, 0.2) is 6.20 Å². The van der Waals surface area contributed by atoms with Crippen molar-refractivity contribution in [3.63, 3.8) is 0 Å². The summed E-state index contributed by atoms with van der Waals surface area (Å²) in [4.78, 5) is 14.4. The van der Waals surface area contributed by atoms with Crippen LogP contribution < -0.4 is 4.73 Å². The van der Waals surface area contributed by atoms with E-state index in [9.17, 15) is 10.0 Å². The Bertz CT molecular complexity index is 619. The molecule has 1 heterocycles. The third-order valence-electron chi connectivity index (χ3n) is 3.34. The number of amides is 1. The minimum absolute atomic E-state index is 0.0419. The summed E-state index contributed by atoms with van der Waals surface area (Å²) in [6.45, 7) is 5.04. The van der Waals surface area contributed by atoms with E-state index in [0.717, 1.165) is 10.3 Å². The van der Waals surface area contributed by atoms with Crippen LogP contribution in [0, 0.1) is 5.21 Å². The Kier molecular flexibility index (Phi) is 5.83. The lowest BCUT2D eigenvalue weighted by atomic mass is 10.2. The van der Waals surface area contributed by atoms with Crippen LogP contribution in [0.3, 0.4) is 0 Å². The molecule has 116 valence electrons. The summed E-state index contributed by atoms with van der Waals surface area (Å²) in [5, 5.41) is 11.9. The molecule has 1 atom stereocenters. The van der Waals surface area contributed by atoms with Gasteiger partial charge in [0.25, 0.3) is 5.03 Å². The number of hydrogen-bond donors (Lipinski definition) is 0. The van der Waals surface area contributed by atoms with Crippen LogP contribution >= 0.6 is 11.8 Å². The molecule has 1 aromatic carbocycles. The second-order valence-electron chi connectivity index (χ2n) is 4.96. The first-order chi connectivity index (χ1) is 10.6. The van der Waals surface area contributed by atoms with Crippen molar-refractivity contribution in [2.24, 2.45) is 0 Å². The Labute approximate surface area is 135 Å². The third-order valence-corrected chi connectivity index (χ3v) is 4.46. The molecule has 22 heavy (non-hydrogen) atoms. The molecule has 0 saturated heterocycles. The molecule has 0 aliphatic rings. The van der Waals surface area contributed by atoms with Gasteiger partial charge in [-0.2, -0.15) is 4.73 Å². The maximum absolute atomic E-state index is 12.6. The molecule has 1 aromatic heterocycles. The van der Waals surface area contributed by atoms with Crippen molar-refractivity contribution >= 4 is 17.7 Å². The molecule has 0 spiro atoms. The van der Waals surface area contributed by atoms with Crippen LogP contribution in [-0.2, 0) is 11.3 Å². The SMILES string of the molecule is CCN(Cc1ccccc1)C(=O)C(C)Sc1cccc[n+]1[O-]. The standard InChI is InChI=1S/C17H20N2O2S/c1-3-18(13-15-9-5-4-6-10-15)17(20)14(2)22-16-11-7-8-12-19(16)21/h4-12,14H,3,13H2,1-2H3. The summed E-state index contributed by atoms with van der Waals surface area (Å²) in [7, 11) is 0. The number of rotatable bonds is 6. The van der Waals surface area contributed by atoms with Gasteiger partial charge in [-0.1, -0.05) is 30.3 Å². The molecule has 0 aliphatic heterocycles. The normalized spacial score (nSPS) is 11.9. The van der Waals surface area contributed by atoms with E-state index in [1.807, 2.05) is 49.1 Å². The average molecular weight is 316 g/mol. The first-order valence-electron chi connectivity index (χ1n) is 7.29. The number of nitrogens with zero attached hydrogens (tertiary/aromatic N) is 2. The molecule has 1 unspecified atom stereocenters. The zero-order valence-electron chi connectivity index (χ0n) is 12.8. The first-order valence-corrected chi connectivity index (χ1v) is 8.17. The molecule has 0 saturated carbocycles. The highest BCUT2D eigenvalue weighted by molar-refractivity contribution is 8.00. The van der Waals surface area contributed by atoms with E-state index < -0.39 is 0 Å². The molecule has 1 amide bonds. The number of thioether (sulfide) groups is 1. The minimum atomic E-state index is -0.300. The number of pyridine rings is 1. The number of benzene rings is 1. The highest BCUT2D eigenvalue weighted by Gasteiger charge is 2.23. The molecule has 0 radical (unpaired) electrons. The lowest BCUT2D eigenvalue weighted by Gasteiger charge is -2.24. The molecule has 0 fully saturated rings. The van der Waals surface area contributed by atoms with Gasteiger partial charge in [0.05, 0.1) is 5.25 Å². The van der Waals surface area contributed by atoms with Gasteiger partial charge in [-0.25, -0.2) is 0 Å². The molecule has 2 rings (SSSR count). The van der Waals surface area contributed by atoms with Crippen molar-refractivity contribution in [2.75, 3.05) is 6.54 Å². The maximum atomic E-state index is 12.6. The Morgan fingerprint density at radius 2 is 1.91 bits per heavy atom. The van der Waals surface area contributed by atoms with Crippen molar-refractivity contribution < 1.29 is 9.52 Å². The summed E-state index contributed by atoms with van der Waals surface area (Å²) >= 11 is 1.29. The van der Waals surface area contributed by atoms with Gasteiger partial charge in [-0.15, -0.1) is 0 Å². The van der Waals surface area contributed by atoms with Gasteiger partial charge in [0, 0.05) is 25.2 Å². The zero-order valence-corrected chi connectivity index (χ0v) is 13.6. The van der Waals surface area contributed by atoms with Gasteiger partial charge < -0.3 is 10.1 Å². The van der Waals surface area contributed by atoms with Crippen molar-refractivity contribution in [3.8, 4) is 0 Å². The Hall–Kier alpha value is -2.01. The van der Waals surface area contributed by atoms with E-state index in [-0.39, 0.29) is 11.2 Å². The summed E-state index contributed by atoms with van der Waals surface area (Å²) in [6, 6.07) is 15.1. The molecule has 0 aliphatic carbocycles. The largest absolute Gasteiger partial charge is 0.618 e. The lowest BCUT2D eigenvalue weighted by molar-refractivity contribution is -0.645. The van der Waals surface area contributed by atoms with E-state index in [2.05, 4.69) is 0 Å². The number of aromatic nitrogens is 1. The summed E-state index contributed by atoms with van der Waals surface area (Å²) in [5.41, 5.74) is 1.11. The topological polar surface area (TPSA) is 47.2 Å². The minimum Gasteiger partial charge on any atom is -0.618 e. The van der Waals surface area contributed by atoms with Crippen LogP contribution in [0.5, 0.6) is 0 Å². The number of hydrogen-bond acceptors (Lipinski definition) is 3. The number of carbonyl (C=O) groups is 1. The molecular weight excluding hydrogens is 296 g/mol. The second kappa shape index (κ2) is 7.84. The van der Waals surface area contributed by atoms with Crippen LogP contribution in [-0.4, -0.2) is 22.6 Å². The third kappa shape index (κ3) is 4.24. The van der Waals surface area contributed by atoms with E-state index in [0.29, 0.717) is 18.1 Å². The summed E-state index contributed by atoms with van der Waals surface area (Å²) in [5.74, 6) is 0.0419. The maximum Gasteiger partial charge on any atom is 0.252 e. The lowest BCUT2D eigenvalue weighted by Crippen LogP contribution is -2.37. The Morgan fingerprint density at radius 1 is 1.23 bits per heavy atom. The zero-order chi connectivity index (χ0) is 15.9. The molecule has 0 bridgehead atoms. The van der Waals surface area contributed by atoms with E-state index in [1.54, 1.807) is 18.2 Å². The van der Waals surface area contributed by atoms with Crippen molar-refractivity contribution in [3.05, 3.63) is 65.5 Å². The van der Waals surface area contributed by atoms with Crippen molar-refractivity contribution in [1.82, 2.24) is 4.90 Å². The van der Waals surface area contributed by atoms with Crippen molar-refractivity contribution in [2.45, 2.75) is 30.7 Å².